The predicted molar refractivity (Wildman–Crippen MR) is 115 cm³/mol. The van der Waals surface area contributed by atoms with Crippen LogP contribution in [0.5, 0.6) is 0 Å². The van der Waals surface area contributed by atoms with Crippen molar-refractivity contribution in [3.63, 3.8) is 0 Å². The SMILES string of the molecule is Cc1ccc(-c2csc(NC(=O)COC(=O)Cn3nnc(-c4ccccc4)n3)n2)cc1. The van der Waals surface area contributed by atoms with Crippen LogP contribution < -0.4 is 5.32 Å². The lowest BCUT2D eigenvalue weighted by atomic mass is 10.1. The first-order valence-corrected chi connectivity index (χ1v) is 10.3. The number of anilines is 1. The Morgan fingerprint density at radius 2 is 1.84 bits per heavy atom. The van der Waals surface area contributed by atoms with Crippen LogP contribution >= 0.6 is 11.3 Å². The molecule has 0 fully saturated rings. The first-order chi connectivity index (χ1) is 15.1. The summed E-state index contributed by atoms with van der Waals surface area (Å²) in [6.07, 6.45) is 0. The fourth-order valence-electron chi connectivity index (χ4n) is 2.66. The lowest BCUT2D eigenvalue weighted by Gasteiger charge is -2.04. The molecule has 0 bridgehead atoms. The van der Waals surface area contributed by atoms with Gasteiger partial charge in [0.2, 0.25) is 5.82 Å². The Morgan fingerprint density at radius 3 is 2.61 bits per heavy atom. The van der Waals surface area contributed by atoms with Gasteiger partial charge >= 0.3 is 5.97 Å². The van der Waals surface area contributed by atoms with E-state index in [-0.39, 0.29) is 6.54 Å². The van der Waals surface area contributed by atoms with E-state index in [0.717, 1.165) is 27.2 Å². The number of benzene rings is 2. The van der Waals surface area contributed by atoms with Gasteiger partial charge in [-0.2, -0.15) is 4.80 Å². The molecule has 31 heavy (non-hydrogen) atoms. The summed E-state index contributed by atoms with van der Waals surface area (Å²) in [5, 5.41) is 16.8. The summed E-state index contributed by atoms with van der Waals surface area (Å²) in [6, 6.07) is 17.2. The standard InChI is InChI=1S/C21H18N6O3S/c1-14-7-9-15(10-8-14)17-13-31-21(22-17)23-18(28)12-30-19(29)11-27-25-20(24-26-27)16-5-3-2-4-6-16/h2-10,13H,11-12H2,1H3,(H,22,23,28). The average Bonchev–Trinajstić information content (AvgIpc) is 3.43. The maximum absolute atomic E-state index is 12.1. The van der Waals surface area contributed by atoms with Gasteiger partial charge in [-0.25, -0.2) is 9.78 Å². The molecule has 0 atom stereocenters. The summed E-state index contributed by atoms with van der Waals surface area (Å²) in [5.74, 6) is -0.722. The molecule has 0 radical (unpaired) electrons. The van der Waals surface area contributed by atoms with Crippen molar-refractivity contribution in [2.45, 2.75) is 13.5 Å². The number of nitrogens with one attached hydrogen (secondary N) is 1. The number of nitrogens with zero attached hydrogens (tertiary/aromatic N) is 5. The van der Waals surface area contributed by atoms with Crippen LogP contribution in [-0.2, 0) is 20.9 Å². The van der Waals surface area contributed by atoms with Gasteiger partial charge in [-0.3, -0.25) is 10.1 Å². The van der Waals surface area contributed by atoms with E-state index in [9.17, 15) is 9.59 Å². The highest BCUT2D eigenvalue weighted by atomic mass is 32.1. The Kier molecular flexibility index (Phi) is 6.08. The van der Waals surface area contributed by atoms with Gasteiger partial charge in [-0.15, -0.1) is 21.5 Å². The number of esters is 1. The molecular formula is C21H18N6O3S. The van der Waals surface area contributed by atoms with Crippen LogP contribution in [-0.4, -0.2) is 43.7 Å². The molecule has 1 amide bonds. The number of rotatable bonds is 7. The summed E-state index contributed by atoms with van der Waals surface area (Å²) >= 11 is 1.30. The third kappa shape index (κ3) is 5.37. The minimum absolute atomic E-state index is 0.248. The predicted octanol–water partition coefficient (Wildman–Crippen LogP) is 2.95. The molecule has 156 valence electrons. The minimum Gasteiger partial charge on any atom is -0.454 e. The summed E-state index contributed by atoms with van der Waals surface area (Å²) < 4.78 is 5.00. The molecule has 2 aromatic carbocycles. The van der Waals surface area contributed by atoms with E-state index in [4.69, 9.17) is 4.74 Å². The van der Waals surface area contributed by atoms with Gasteiger partial charge in [-0.05, 0) is 12.1 Å². The number of carbonyl (C=O) groups is 2. The lowest BCUT2D eigenvalue weighted by molar-refractivity contribution is -0.148. The first kappa shape index (κ1) is 20.4. The Hall–Kier alpha value is -3.92. The highest BCUT2D eigenvalue weighted by molar-refractivity contribution is 7.14. The molecule has 0 unspecified atom stereocenters. The molecule has 4 rings (SSSR count). The Labute approximate surface area is 181 Å². The quantitative estimate of drug-likeness (QED) is 0.445. The summed E-state index contributed by atoms with van der Waals surface area (Å²) in [6.45, 7) is 1.33. The minimum atomic E-state index is -0.647. The molecule has 9 nitrogen and oxygen atoms in total. The smallest absolute Gasteiger partial charge is 0.330 e. The first-order valence-electron chi connectivity index (χ1n) is 9.38. The highest BCUT2D eigenvalue weighted by Gasteiger charge is 2.13. The van der Waals surface area contributed by atoms with E-state index < -0.39 is 18.5 Å². The molecule has 0 aliphatic rings. The van der Waals surface area contributed by atoms with Crippen molar-refractivity contribution in [2.75, 3.05) is 11.9 Å². The molecule has 2 heterocycles. The van der Waals surface area contributed by atoms with Crippen molar-refractivity contribution < 1.29 is 14.3 Å². The zero-order valence-corrected chi connectivity index (χ0v) is 17.4. The number of hydrogen-bond acceptors (Lipinski definition) is 8. The topological polar surface area (TPSA) is 112 Å². The molecule has 0 spiro atoms. The van der Waals surface area contributed by atoms with Crippen molar-refractivity contribution >= 4 is 28.3 Å². The lowest BCUT2D eigenvalue weighted by Crippen LogP contribution is -2.23. The van der Waals surface area contributed by atoms with Crippen LogP contribution in [0, 0.1) is 6.92 Å². The van der Waals surface area contributed by atoms with Gasteiger partial charge in [0, 0.05) is 16.5 Å². The van der Waals surface area contributed by atoms with E-state index in [2.05, 4.69) is 25.7 Å². The van der Waals surface area contributed by atoms with E-state index in [1.54, 1.807) is 0 Å². The van der Waals surface area contributed by atoms with E-state index >= 15 is 0 Å². The van der Waals surface area contributed by atoms with Crippen molar-refractivity contribution in [3.8, 4) is 22.6 Å². The molecule has 0 saturated heterocycles. The number of amides is 1. The Morgan fingerprint density at radius 1 is 1.06 bits per heavy atom. The molecule has 0 aliphatic carbocycles. The summed E-state index contributed by atoms with van der Waals surface area (Å²) in [4.78, 5) is 29.6. The van der Waals surface area contributed by atoms with E-state index in [1.807, 2.05) is 66.9 Å². The van der Waals surface area contributed by atoms with E-state index in [0.29, 0.717) is 11.0 Å². The second kappa shape index (κ2) is 9.26. The van der Waals surface area contributed by atoms with Crippen LogP contribution in [0.2, 0.25) is 0 Å². The number of aromatic nitrogens is 5. The van der Waals surface area contributed by atoms with Crippen LogP contribution in [0.1, 0.15) is 5.56 Å². The number of carbonyl (C=O) groups excluding carboxylic acids is 2. The van der Waals surface area contributed by atoms with Crippen LogP contribution in [0.3, 0.4) is 0 Å². The third-order valence-corrected chi connectivity index (χ3v) is 4.98. The average molecular weight is 434 g/mol. The normalized spacial score (nSPS) is 10.6. The van der Waals surface area contributed by atoms with Crippen molar-refractivity contribution in [3.05, 3.63) is 65.5 Å². The third-order valence-electron chi connectivity index (χ3n) is 4.22. The number of hydrogen-bond donors (Lipinski definition) is 1. The summed E-state index contributed by atoms with van der Waals surface area (Å²) in [7, 11) is 0. The molecule has 0 saturated carbocycles. The van der Waals surface area contributed by atoms with Crippen LogP contribution in [0.4, 0.5) is 5.13 Å². The molecule has 4 aromatic rings. The fraction of sp³-hybridized carbons (Fsp3) is 0.143. The van der Waals surface area contributed by atoms with Crippen LogP contribution in [0.25, 0.3) is 22.6 Å². The van der Waals surface area contributed by atoms with Gasteiger partial charge in [0.05, 0.1) is 5.69 Å². The Balaban J connectivity index is 1.26. The molecule has 2 aromatic heterocycles. The Bertz CT molecular complexity index is 1190. The monoisotopic (exact) mass is 434 g/mol. The maximum Gasteiger partial charge on any atom is 0.330 e. The molecule has 1 N–H and O–H groups in total. The molecule has 10 heteroatoms. The maximum atomic E-state index is 12.1. The molecular weight excluding hydrogens is 416 g/mol. The number of ether oxygens (including phenoxy) is 1. The highest BCUT2D eigenvalue weighted by Crippen LogP contribution is 2.25. The van der Waals surface area contributed by atoms with Gasteiger partial charge in [0.15, 0.2) is 18.3 Å². The number of tetrazole rings is 1. The number of aryl methyl sites for hydroxylation is 1. The van der Waals surface area contributed by atoms with E-state index in [1.165, 1.54) is 11.3 Å². The molecule has 0 aliphatic heterocycles. The van der Waals surface area contributed by atoms with Crippen molar-refractivity contribution in [1.82, 2.24) is 25.2 Å². The van der Waals surface area contributed by atoms with Crippen LogP contribution in [0.15, 0.2) is 60.0 Å². The van der Waals surface area contributed by atoms with Gasteiger partial charge in [0.1, 0.15) is 0 Å². The van der Waals surface area contributed by atoms with Gasteiger partial charge in [-0.1, -0.05) is 60.2 Å². The largest absolute Gasteiger partial charge is 0.454 e. The second-order valence-electron chi connectivity index (χ2n) is 6.62. The second-order valence-corrected chi connectivity index (χ2v) is 7.48. The zero-order valence-electron chi connectivity index (χ0n) is 16.6. The van der Waals surface area contributed by atoms with Gasteiger partial charge < -0.3 is 4.74 Å². The summed E-state index contributed by atoms with van der Waals surface area (Å²) in [5.41, 5.74) is 3.68. The number of thiazole rings is 1. The van der Waals surface area contributed by atoms with Crippen molar-refractivity contribution in [2.24, 2.45) is 0 Å². The van der Waals surface area contributed by atoms with Crippen molar-refractivity contribution in [1.29, 1.82) is 0 Å². The zero-order chi connectivity index (χ0) is 21.6. The fourth-order valence-corrected chi connectivity index (χ4v) is 3.40. The van der Waals surface area contributed by atoms with Gasteiger partial charge in [0.25, 0.3) is 5.91 Å².